The van der Waals surface area contributed by atoms with Crippen LogP contribution in [-0.4, -0.2) is 40.5 Å². The monoisotopic (exact) mass is 247 g/mol. The Kier molecular flexibility index (Phi) is 6.54. The van der Waals surface area contributed by atoms with Gasteiger partial charge in [-0.1, -0.05) is 20.3 Å². The molecule has 4 heteroatoms. The van der Waals surface area contributed by atoms with Gasteiger partial charge < -0.3 is 10.1 Å². The number of hydrogen-bond acceptors (Lipinski definition) is 3. The van der Waals surface area contributed by atoms with Crippen LogP contribution in [0.3, 0.4) is 0 Å². The van der Waals surface area contributed by atoms with Crippen LogP contribution in [0.5, 0.6) is 0 Å². The molecule has 0 aromatic carbocycles. The first-order chi connectivity index (χ1) is 7.69. The van der Waals surface area contributed by atoms with E-state index < -0.39 is 10.8 Å². The Morgan fingerprint density at radius 2 is 2.25 bits per heavy atom. The Hall–Kier alpha value is 0.0700. The summed E-state index contributed by atoms with van der Waals surface area (Å²) in [4.78, 5) is 0. The van der Waals surface area contributed by atoms with Crippen LogP contribution in [0.25, 0.3) is 0 Å². The number of hydrogen-bond donors (Lipinski definition) is 1. The molecule has 0 amide bonds. The fourth-order valence-corrected chi connectivity index (χ4v) is 4.05. The minimum atomic E-state index is -0.746. The first-order valence-corrected chi connectivity index (χ1v) is 7.79. The second kappa shape index (κ2) is 7.41. The van der Waals surface area contributed by atoms with Gasteiger partial charge in [0.05, 0.1) is 11.4 Å². The van der Waals surface area contributed by atoms with Crippen LogP contribution in [0.2, 0.25) is 0 Å². The quantitative estimate of drug-likeness (QED) is 0.744. The van der Waals surface area contributed by atoms with E-state index in [0.29, 0.717) is 6.04 Å². The van der Waals surface area contributed by atoms with Crippen molar-refractivity contribution in [2.24, 2.45) is 0 Å². The van der Waals surface area contributed by atoms with Gasteiger partial charge in [0.2, 0.25) is 0 Å². The van der Waals surface area contributed by atoms with Gasteiger partial charge in [0.25, 0.3) is 0 Å². The molecule has 1 N–H and O–H groups in total. The lowest BCUT2D eigenvalue weighted by Crippen LogP contribution is -2.37. The van der Waals surface area contributed by atoms with Gasteiger partial charge in [0, 0.05) is 29.2 Å². The van der Waals surface area contributed by atoms with E-state index in [1.807, 2.05) is 6.92 Å². The summed E-state index contributed by atoms with van der Waals surface area (Å²) >= 11 is 0. The molecule has 1 fully saturated rings. The van der Waals surface area contributed by atoms with Crippen molar-refractivity contribution in [1.82, 2.24) is 5.32 Å². The maximum absolute atomic E-state index is 12.2. The third kappa shape index (κ3) is 4.15. The summed E-state index contributed by atoms with van der Waals surface area (Å²) in [6.07, 6.45) is 3.39. The molecule has 0 spiro atoms. The summed E-state index contributed by atoms with van der Waals surface area (Å²) in [7, 11) is -0.746. The van der Waals surface area contributed by atoms with Crippen LogP contribution in [0.15, 0.2) is 0 Å². The fourth-order valence-electron chi connectivity index (χ4n) is 2.26. The van der Waals surface area contributed by atoms with Crippen LogP contribution < -0.4 is 5.32 Å². The Morgan fingerprint density at radius 1 is 1.50 bits per heavy atom. The molecule has 1 aliphatic heterocycles. The highest BCUT2D eigenvalue weighted by atomic mass is 32.2. The molecule has 0 saturated carbocycles. The molecule has 4 atom stereocenters. The van der Waals surface area contributed by atoms with Gasteiger partial charge in [-0.3, -0.25) is 4.21 Å². The summed E-state index contributed by atoms with van der Waals surface area (Å²) < 4.78 is 17.7. The van der Waals surface area contributed by atoms with Crippen molar-refractivity contribution in [3.05, 3.63) is 0 Å². The minimum absolute atomic E-state index is 0.171. The van der Waals surface area contributed by atoms with E-state index >= 15 is 0 Å². The lowest BCUT2D eigenvalue weighted by atomic mass is 10.2. The van der Waals surface area contributed by atoms with Gasteiger partial charge in [-0.25, -0.2) is 0 Å². The fraction of sp³-hybridized carbons (Fsp3) is 1.00. The Labute approximate surface area is 102 Å². The Morgan fingerprint density at radius 3 is 2.75 bits per heavy atom. The van der Waals surface area contributed by atoms with Gasteiger partial charge in [-0.15, -0.1) is 0 Å². The lowest BCUT2D eigenvalue weighted by molar-refractivity contribution is 0.127. The van der Waals surface area contributed by atoms with E-state index in [1.165, 1.54) is 0 Å². The highest BCUT2D eigenvalue weighted by Crippen LogP contribution is 2.19. The zero-order valence-electron chi connectivity index (χ0n) is 10.7. The molecule has 0 aliphatic carbocycles. The predicted molar refractivity (Wildman–Crippen MR) is 69.2 cm³/mol. The largest absolute Gasteiger partial charge is 0.377 e. The molecule has 96 valence electrons. The van der Waals surface area contributed by atoms with Crippen LogP contribution >= 0.6 is 0 Å². The standard InChI is InChI=1S/C12H25NO2S/c1-4-6-11(13-5-2)9-16(14)12-7-8-15-10(12)3/h10-13H,4-9H2,1-3H3. The van der Waals surface area contributed by atoms with Crippen molar-refractivity contribution >= 4 is 10.8 Å². The Balaban J connectivity index is 2.40. The van der Waals surface area contributed by atoms with Crippen LogP contribution in [0.1, 0.15) is 40.0 Å². The maximum Gasteiger partial charge on any atom is 0.0691 e. The second-order valence-corrected chi connectivity index (χ2v) is 6.19. The molecule has 0 bridgehead atoms. The van der Waals surface area contributed by atoms with Crippen molar-refractivity contribution in [3.63, 3.8) is 0 Å². The van der Waals surface area contributed by atoms with E-state index in [1.54, 1.807) is 0 Å². The molecular formula is C12H25NO2S. The predicted octanol–water partition coefficient (Wildman–Crippen LogP) is 1.69. The summed E-state index contributed by atoms with van der Waals surface area (Å²) in [5.74, 6) is 0.778. The van der Waals surface area contributed by atoms with E-state index in [4.69, 9.17) is 4.74 Å². The average Bonchev–Trinajstić information content (AvgIpc) is 2.65. The van der Waals surface area contributed by atoms with Crippen molar-refractivity contribution in [2.75, 3.05) is 18.9 Å². The van der Waals surface area contributed by atoms with E-state index in [9.17, 15) is 4.21 Å². The molecule has 1 heterocycles. The van der Waals surface area contributed by atoms with Crippen LogP contribution in [0.4, 0.5) is 0 Å². The molecule has 0 aromatic heterocycles. The zero-order valence-corrected chi connectivity index (χ0v) is 11.5. The highest BCUT2D eigenvalue weighted by Gasteiger charge is 2.30. The third-order valence-corrected chi connectivity index (χ3v) is 5.16. The summed E-state index contributed by atoms with van der Waals surface area (Å²) in [5, 5.41) is 3.67. The summed E-state index contributed by atoms with van der Waals surface area (Å²) in [6, 6.07) is 0.406. The third-order valence-electron chi connectivity index (χ3n) is 3.14. The normalized spacial score (nSPS) is 29.2. The first kappa shape index (κ1) is 14.1. The van der Waals surface area contributed by atoms with Gasteiger partial charge in [-0.05, 0) is 26.3 Å². The van der Waals surface area contributed by atoms with Crippen molar-refractivity contribution in [1.29, 1.82) is 0 Å². The smallest absolute Gasteiger partial charge is 0.0691 e. The van der Waals surface area contributed by atoms with Gasteiger partial charge in [-0.2, -0.15) is 0 Å². The number of rotatable bonds is 7. The first-order valence-electron chi connectivity index (χ1n) is 6.41. The molecule has 0 radical (unpaired) electrons. The zero-order chi connectivity index (χ0) is 12.0. The minimum Gasteiger partial charge on any atom is -0.377 e. The molecular weight excluding hydrogens is 222 g/mol. The summed E-state index contributed by atoms with van der Waals surface area (Å²) in [6.45, 7) is 8.05. The van der Waals surface area contributed by atoms with Crippen molar-refractivity contribution in [2.45, 2.75) is 57.4 Å². The van der Waals surface area contributed by atoms with Crippen molar-refractivity contribution in [3.8, 4) is 0 Å². The average molecular weight is 247 g/mol. The molecule has 1 saturated heterocycles. The SMILES string of the molecule is CCCC(CS(=O)C1CCOC1C)NCC. The van der Waals surface area contributed by atoms with Crippen molar-refractivity contribution < 1.29 is 8.95 Å². The maximum atomic E-state index is 12.2. The van der Waals surface area contributed by atoms with Gasteiger partial charge in [0.1, 0.15) is 0 Å². The topological polar surface area (TPSA) is 38.3 Å². The summed E-state index contributed by atoms with van der Waals surface area (Å²) in [5.41, 5.74) is 0. The van der Waals surface area contributed by atoms with E-state index in [2.05, 4.69) is 19.2 Å². The number of nitrogens with one attached hydrogen (secondary N) is 1. The second-order valence-electron chi connectivity index (χ2n) is 4.49. The van der Waals surface area contributed by atoms with Crippen LogP contribution in [-0.2, 0) is 15.5 Å². The molecule has 1 aliphatic rings. The molecule has 4 unspecified atom stereocenters. The number of ether oxygens (including phenoxy) is 1. The highest BCUT2D eigenvalue weighted by molar-refractivity contribution is 7.85. The molecule has 0 aromatic rings. The van der Waals surface area contributed by atoms with Gasteiger partial charge in [0.15, 0.2) is 0 Å². The van der Waals surface area contributed by atoms with E-state index in [0.717, 1.165) is 38.2 Å². The van der Waals surface area contributed by atoms with E-state index in [-0.39, 0.29) is 11.4 Å². The molecule has 1 rings (SSSR count). The van der Waals surface area contributed by atoms with Crippen LogP contribution in [0, 0.1) is 0 Å². The Bertz CT molecular complexity index is 217. The molecule has 16 heavy (non-hydrogen) atoms. The lowest BCUT2D eigenvalue weighted by Gasteiger charge is -2.20. The van der Waals surface area contributed by atoms with Gasteiger partial charge >= 0.3 is 0 Å². The molecule has 3 nitrogen and oxygen atoms in total.